The van der Waals surface area contributed by atoms with Gasteiger partial charge in [0.2, 0.25) is 11.8 Å². The molecule has 0 aliphatic heterocycles. The van der Waals surface area contributed by atoms with Gasteiger partial charge in [-0.05, 0) is 30.8 Å². The van der Waals surface area contributed by atoms with Crippen LogP contribution in [0.5, 0.6) is 0 Å². The lowest BCUT2D eigenvalue weighted by molar-refractivity contribution is -0.138. The van der Waals surface area contributed by atoms with Crippen molar-refractivity contribution in [2.75, 3.05) is 18.6 Å². The predicted octanol–water partition coefficient (Wildman–Crippen LogP) is -0.201. The maximum atomic E-state index is 12.0. The molecular weight excluding hydrogens is 294 g/mol. The molecule has 0 saturated carbocycles. The van der Waals surface area contributed by atoms with Crippen LogP contribution in [0.15, 0.2) is 0 Å². The number of carboxylic acids is 1. The fraction of sp³-hybridized carbons (Fsp3) is 0.769. The summed E-state index contributed by atoms with van der Waals surface area (Å²) in [6.07, 6.45) is 2.84. The molecule has 7 nitrogen and oxygen atoms in total. The lowest BCUT2D eigenvalue weighted by atomic mass is 10.0. The van der Waals surface area contributed by atoms with Gasteiger partial charge in [-0.1, -0.05) is 13.8 Å². The molecule has 8 heteroatoms. The van der Waals surface area contributed by atoms with Gasteiger partial charge in [-0.25, -0.2) is 0 Å². The Morgan fingerprint density at radius 2 is 1.86 bits per heavy atom. The highest BCUT2D eigenvalue weighted by molar-refractivity contribution is 7.98. The topological polar surface area (TPSA) is 122 Å². The highest BCUT2D eigenvalue weighted by Gasteiger charge is 2.24. The van der Waals surface area contributed by atoms with E-state index in [-0.39, 0.29) is 11.8 Å². The zero-order valence-electron chi connectivity index (χ0n) is 12.7. The highest BCUT2D eigenvalue weighted by atomic mass is 32.2. The maximum absolute atomic E-state index is 12.0. The van der Waals surface area contributed by atoms with Gasteiger partial charge in [0.1, 0.15) is 12.6 Å². The zero-order chi connectivity index (χ0) is 16.4. The van der Waals surface area contributed by atoms with E-state index in [0.29, 0.717) is 18.6 Å². The van der Waals surface area contributed by atoms with Crippen LogP contribution in [0.3, 0.4) is 0 Å². The SMILES string of the molecule is CSCCC(NC(=O)C(N)CC(C)C)C(=O)NCC(=O)O. The van der Waals surface area contributed by atoms with Crippen molar-refractivity contribution in [1.82, 2.24) is 10.6 Å². The van der Waals surface area contributed by atoms with E-state index in [4.69, 9.17) is 10.8 Å². The zero-order valence-corrected chi connectivity index (χ0v) is 13.5. The van der Waals surface area contributed by atoms with E-state index in [2.05, 4.69) is 10.6 Å². The van der Waals surface area contributed by atoms with Crippen LogP contribution in [0, 0.1) is 5.92 Å². The van der Waals surface area contributed by atoms with Crippen molar-refractivity contribution in [3.05, 3.63) is 0 Å². The van der Waals surface area contributed by atoms with Crippen LogP contribution in [-0.4, -0.2) is 53.5 Å². The number of carbonyl (C=O) groups is 3. The number of carboxylic acid groups (broad SMARTS) is 1. The summed E-state index contributed by atoms with van der Waals surface area (Å²) in [5.74, 6) is -1.08. The molecule has 0 aliphatic rings. The largest absolute Gasteiger partial charge is 0.480 e. The minimum absolute atomic E-state index is 0.274. The molecule has 0 aromatic heterocycles. The van der Waals surface area contributed by atoms with Crippen molar-refractivity contribution in [1.29, 1.82) is 0 Å². The van der Waals surface area contributed by atoms with Crippen molar-refractivity contribution < 1.29 is 19.5 Å². The van der Waals surface area contributed by atoms with Gasteiger partial charge in [0, 0.05) is 0 Å². The fourth-order valence-electron chi connectivity index (χ4n) is 1.68. The average molecular weight is 319 g/mol. The molecule has 0 aromatic carbocycles. The van der Waals surface area contributed by atoms with Crippen LogP contribution in [0.4, 0.5) is 0 Å². The first kappa shape index (κ1) is 19.7. The van der Waals surface area contributed by atoms with Gasteiger partial charge in [-0.3, -0.25) is 14.4 Å². The van der Waals surface area contributed by atoms with Crippen molar-refractivity contribution in [2.45, 2.75) is 38.8 Å². The monoisotopic (exact) mass is 319 g/mol. The Labute approximate surface area is 129 Å². The lowest BCUT2D eigenvalue weighted by Crippen LogP contribution is -2.52. The number of carbonyl (C=O) groups excluding carboxylic acids is 2. The quantitative estimate of drug-likeness (QED) is 0.442. The number of thioether (sulfide) groups is 1. The number of hydrogen-bond donors (Lipinski definition) is 4. The number of nitrogens with one attached hydrogen (secondary N) is 2. The Morgan fingerprint density at radius 1 is 1.24 bits per heavy atom. The molecule has 2 atom stereocenters. The average Bonchev–Trinajstić information content (AvgIpc) is 2.39. The predicted molar refractivity (Wildman–Crippen MR) is 83.0 cm³/mol. The van der Waals surface area contributed by atoms with Crippen LogP contribution in [-0.2, 0) is 14.4 Å². The summed E-state index contributed by atoms with van der Waals surface area (Å²) in [4.78, 5) is 34.3. The second-order valence-corrected chi connectivity index (χ2v) is 6.18. The molecule has 0 spiro atoms. The van der Waals surface area contributed by atoms with Crippen molar-refractivity contribution in [2.24, 2.45) is 11.7 Å². The number of aliphatic carboxylic acids is 1. The molecule has 2 amide bonds. The van der Waals surface area contributed by atoms with Gasteiger partial charge in [0.25, 0.3) is 0 Å². The first-order valence-electron chi connectivity index (χ1n) is 6.82. The molecule has 0 bridgehead atoms. The van der Waals surface area contributed by atoms with Crippen molar-refractivity contribution >= 4 is 29.5 Å². The van der Waals surface area contributed by atoms with E-state index >= 15 is 0 Å². The molecule has 122 valence electrons. The van der Waals surface area contributed by atoms with Crippen LogP contribution in [0.2, 0.25) is 0 Å². The Bertz CT molecular complexity index is 363. The molecule has 0 rings (SSSR count). The van der Waals surface area contributed by atoms with Crippen LogP contribution in [0.25, 0.3) is 0 Å². The summed E-state index contributed by atoms with van der Waals surface area (Å²) in [5.41, 5.74) is 5.77. The van der Waals surface area contributed by atoms with E-state index in [1.807, 2.05) is 20.1 Å². The molecule has 0 heterocycles. The molecular formula is C13H25N3O4S. The second kappa shape index (κ2) is 10.4. The minimum atomic E-state index is -1.13. The van der Waals surface area contributed by atoms with Gasteiger partial charge in [-0.15, -0.1) is 0 Å². The van der Waals surface area contributed by atoms with Gasteiger partial charge in [-0.2, -0.15) is 11.8 Å². The molecule has 0 fully saturated rings. The Morgan fingerprint density at radius 3 is 2.33 bits per heavy atom. The number of hydrogen-bond acceptors (Lipinski definition) is 5. The molecule has 21 heavy (non-hydrogen) atoms. The van der Waals surface area contributed by atoms with E-state index < -0.39 is 30.5 Å². The molecule has 5 N–H and O–H groups in total. The third-order valence-corrected chi connectivity index (χ3v) is 3.36. The van der Waals surface area contributed by atoms with Crippen LogP contribution >= 0.6 is 11.8 Å². The van der Waals surface area contributed by atoms with Crippen molar-refractivity contribution in [3.8, 4) is 0 Å². The summed E-state index contributed by atoms with van der Waals surface area (Å²) in [7, 11) is 0. The summed E-state index contributed by atoms with van der Waals surface area (Å²) in [5, 5.41) is 13.4. The van der Waals surface area contributed by atoms with Crippen LogP contribution in [0.1, 0.15) is 26.7 Å². The summed E-state index contributed by atoms with van der Waals surface area (Å²) < 4.78 is 0. The van der Waals surface area contributed by atoms with E-state index in [1.54, 1.807) is 0 Å². The number of nitrogens with two attached hydrogens (primary N) is 1. The second-order valence-electron chi connectivity index (χ2n) is 5.19. The number of amides is 2. The first-order chi connectivity index (χ1) is 9.77. The normalized spacial score (nSPS) is 13.6. The minimum Gasteiger partial charge on any atom is -0.480 e. The molecule has 0 aliphatic carbocycles. The van der Waals surface area contributed by atoms with Crippen molar-refractivity contribution in [3.63, 3.8) is 0 Å². The van der Waals surface area contributed by atoms with Crippen LogP contribution < -0.4 is 16.4 Å². The molecule has 0 saturated heterocycles. The lowest BCUT2D eigenvalue weighted by Gasteiger charge is -2.20. The smallest absolute Gasteiger partial charge is 0.322 e. The van der Waals surface area contributed by atoms with Gasteiger partial charge in [0.05, 0.1) is 6.04 Å². The summed E-state index contributed by atoms with van der Waals surface area (Å²) in [6, 6.07) is -1.43. The standard InChI is InChI=1S/C13H25N3O4S/c1-8(2)6-9(14)12(19)16-10(4-5-21-3)13(20)15-7-11(17)18/h8-10H,4-7,14H2,1-3H3,(H,15,20)(H,16,19)(H,17,18). The maximum Gasteiger partial charge on any atom is 0.322 e. The fourth-order valence-corrected chi connectivity index (χ4v) is 2.16. The molecule has 0 radical (unpaired) electrons. The van der Waals surface area contributed by atoms with E-state index in [1.165, 1.54) is 11.8 Å². The summed E-state index contributed by atoms with van der Waals surface area (Å²) in [6.45, 7) is 3.44. The van der Waals surface area contributed by atoms with Gasteiger partial charge < -0.3 is 21.5 Å². The summed E-state index contributed by atoms with van der Waals surface area (Å²) >= 11 is 1.54. The highest BCUT2D eigenvalue weighted by Crippen LogP contribution is 2.05. The Balaban J connectivity index is 4.56. The third kappa shape index (κ3) is 9.30. The molecule has 0 aromatic rings. The van der Waals surface area contributed by atoms with Gasteiger partial charge >= 0.3 is 5.97 Å². The third-order valence-electron chi connectivity index (χ3n) is 2.72. The first-order valence-corrected chi connectivity index (χ1v) is 8.21. The van der Waals surface area contributed by atoms with Gasteiger partial charge in [0.15, 0.2) is 0 Å². The number of rotatable bonds is 10. The Hall–Kier alpha value is -1.28. The Kier molecular flexibility index (Phi) is 9.81. The molecule has 2 unspecified atom stereocenters. The van der Waals surface area contributed by atoms with E-state index in [9.17, 15) is 14.4 Å². The van der Waals surface area contributed by atoms with E-state index in [0.717, 1.165) is 0 Å².